The van der Waals surface area contributed by atoms with Crippen molar-refractivity contribution >= 4 is 11.8 Å². The van der Waals surface area contributed by atoms with Crippen molar-refractivity contribution in [3.8, 4) is 5.75 Å². The van der Waals surface area contributed by atoms with E-state index in [1.54, 1.807) is 12.1 Å². The molecule has 1 aliphatic heterocycles. The van der Waals surface area contributed by atoms with Gasteiger partial charge in [-0.1, -0.05) is 18.2 Å². The van der Waals surface area contributed by atoms with Gasteiger partial charge in [0.1, 0.15) is 5.75 Å². The Balaban J connectivity index is 2.23. The molecule has 2 heteroatoms. The van der Waals surface area contributed by atoms with Crippen LogP contribution in [0.2, 0.25) is 0 Å². The third-order valence-electron chi connectivity index (χ3n) is 2.00. The molecule has 12 heavy (non-hydrogen) atoms. The number of rotatable bonds is 1. The van der Waals surface area contributed by atoms with Crippen molar-refractivity contribution in [3.63, 3.8) is 0 Å². The summed E-state index contributed by atoms with van der Waals surface area (Å²) in [4.78, 5) is 0. The average Bonchev–Trinajstić information content (AvgIpc) is 2.58. The summed E-state index contributed by atoms with van der Waals surface area (Å²) >= 11 is 1.84. The van der Waals surface area contributed by atoms with E-state index in [9.17, 15) is 0 Å². The van der Waals surface area contributed by atoms with Crippen LogP contribution in [0.25, 0.3) is 0 Å². The molecule has 0 bridgehead atoms. The molecule has 1 aromatic carbocycles. The van der Waals surface area contributed by atoms with Gasteiger partial charge in [0.2, 0.25) is 0 Å². The minimum Gasteiger partial charge on any atom is -0.508 e. The van der Waals surface area contributed by atoms with E-state index in [1.165, 1.54) is 5.56 Å². The Morgan fingerprint density at radius 3 is 2.58 bits per heavy atom. The maximum atomic E-state index is 9.08. The highest BCUT2D eigenvalue weighted by Gasteiger charge is 2.11. The van der Waals surface area contributed by atoms with Crippen LogP contribution in [0.15, 0.2) is 35.7 Å². The minimum atomic E-state index is 0.341. The Labute approximate surface area is 76.1 Å². The quantitative estimate of drug-likeness (QED) is 0.713. The van der Waals surface area contributed by atoms with Crippen molar-refractivity contribution in [2.75, 3.05) is 5.75 Å². The van der Waals surface area contributed by atoms with Crippen LogP contribution in [0.1, 0.15) is 11.5 Å². The molecule has 62 valence electrons. The fourth-order valence-corrected chi connectivity index (χ4v) is 2.22. The normalized spacial score (nSPS) is 21.5. The van der Waals surface area contributed by atoms with E-state index in [1.807, 2.05) is 23.9 Å². The van der Waals surface area contributed by atoms with Crippen molar-refractivity contribution in [3.05, 3.63) is 41.3 Å². The molecule has 0 saturated carbocycles. The van der Waals surface area contributed by atoms with E-state index in [0.717, 1.165) is 5.75 Å². The van der Waals surface area contributed by atoms with Crippen LogP contribution in [0.5, 0.6) is 5.75 Å². The smallest absolute Gasteiger partial charge is 0.115 e. The number of allylic oxidation sites excluding steroid dienone is 1. The van der Waals surface area contributed by atoms with Crippen LogP contribution in [-0.4, -0.2) is 10.9 Å². The second-order valence-electron chi connectivity index (χ2n) is 2.86. The first-order valence-electron chi connectivity index (χ1n) is 3.93. The van der Waals surface area contributed by atoms with Crippen LogP contribution in [0, 0.1) is 0 Å². The summed E-state index contributed by atoms with van der Waals surface area (Å²) in [6.45, 7) is 0. The molecule has 0 spiro atoms. The fraction of sp³-hybridized carbons (Fsp3) is 0.200. The van der Waals surface area contributed by atoms with Gasteiger partial charge >= 0.3 is 0 Å². The number of aromatic hydroxyl groups is 1. The van der Waals surface area contributed by atoms with Gasteiger partial charge < -0.3 is 5.11 Å². The van der Waals surface area contributed by atoms with Crippen LogP contribution >= 0.6 is 11.8 Å². The van der Waals surface area contributed by atoms with Gasteiger partial charge in [-0.3, -0.25) is 0 Å². The van der Waals surface area contributed by atoms with Crippen molar-refractivity contribution < 1.29 is 5.11 Å². The molecule has 1 aliphatic rings. The van der Waals surface area contributed by atoms with E-state index in [2.05, 4.69) is 11.5 Å². The standard InChI is InChI=1S/C10H10OS/c11-10-3-1-8(2-4-10)9-5-6-12-7-9/h1-6,9,11H,7H2. The number of thioether (sulfide) groups is 1. The zero-order chi connectivity index (χ0) is 8.39. The van der Waals surface area contributed by atoms with E-state index in [-0.39, 0.29) is 0 Å². The molecular formula is C10H10OS. The van der Waals surface area contributed by atoms with Gasteiger partial charge in [0.05, 0.1) is 0 Å². The van der Waals surface area contributed by atoms with Gasteiger partial charge in [-0.15, -0.1) is 11.8 Å². The van der Waals surface area contributed by atoms with Gasteiger partial charge in [-0.2, -0.15) is 0 Å². The molecule has 1 aromatic rings. The van der Waals surface area contributed by atoms with Gasteiger partial charge in [0.15, 0.2) is 0 Å². The first kappa shape index (κ1) is 7.74. The number of benzene rings is 1. The second-order valence-corrected chi connectivity index (χ2v) is 3.80. The molecule has 0 fully saturated rings. The lowest BCUT2D eigenvalue weighted by atomic mass is 10.0. The molecular weight excluding hydrogens is 168 g/mol. The third kappa shape index (κ3) is 1.48. The minimum absolute atomic E-state index is 0.341. The highest BCUT2D eigenvalue weighted by atomic mass is 32.2. The van der Waals surface area contributed by atoms with Crippen molar-refractivity contribution in [1.82, 2.24) is 0 Å². The molecule has 1 nitrogen and oxygen atoms in total. The lowest BCUT2D eigenvalue weighted by Crippen LogP contribution is -1.93. The van der Waals surface area contributed by atoms with Crippen LogP contribution < -0.4 is 0 Å². The van der Waals surface area contributed by atoms with Gasteiger partial charge in [-0.05, 0) is 23.1 Å². The highest BCUT2D eigenvalue weighted by molar-refractivity contribution is 8.02. The molecule has 0 saturated heterocycles. The van der Waals surface area contributed by atoms with Gasteiger partial charge in [-0.25, -0.2) is 0 Å². The van der Waals surface area contributed by atoms with E-state index >= 15 is 0 Å². The Bertz CT molecular complexity index is 289. The zero-order valence-corrected chi connectivity index (χ0v) is 7.42. The lowest BCUT2D eigenvalue weighted by molar-refractivity contribution is 0.475. The maximum Gasteiger partial charge on any atom is 0.115 e. The molecule has 1 unspecified atom stereocenters. The zero-order valence-electron chi connectivity index (χ0n) is 6.60. The SMILES string of the molecule is Oc1ccc(C2C=CSC2)cc1. The Hall–Kier alpha value is -0.890. The Morgan fingerprint density at radius 2 is 2.00 bits per heavy atom. The summed E-state index contributed by atoms with van der Waals surface area (Å²) in [5.74, 6) is 2.01. The molecule has 0 aromatic heterocycles. The molecule has 2 rings (SSSR count). The van der Waals surface area contributed by atoms with E-state index in [0.29, 0.717) is 11.7 Å². The molecule has 0 radical (unpaired) electrons. The number of phenols is 1. The number of phenolic OH excluding ortho intramolecular Hbond substituents is 1. The van der Waals surface area contributed by atoms with Crippen LogP contribution in [0.4, 0.5) is 0 Å². The van der Waals surface area contributed by atoms with Crippen LogP contribution in [-0.2, 0) is 0 Å². The van der Waals surface area contributed by atoms with E-state index in [4.69, 9.17) is 5.11 Å². The topological polar surface area (TPSA) is 20.2 Å². The first-order chi connectivity index (χ1) is 5.86. The summed E-state index contributed by atoms with van der Waals surface area (Å²) in [5.41, 5.74) is 1.29. The molecule has 0 amide bonds. The summed E-state index contributed by atoms with van der Waals surface area (Å²) < 4.78 is 0. The van der Waals surface area contributed by atoms with Crippen LogP contribution in [0.3, 0.4) is 0 Å². The maximum absolute atomic E-state index is 9.08. The third-order valence-corrected chi connectivity index (χ3v) is 2.91. The Morgan fingerprint density at radius 1 is 1.25 bits per heavy atom. The molecule has 0 aliphatic carbocycles. The van der Waals surface area contributed by atoms with Crippen molar-refractivity contribution in [1.29, 1.82) is 0 Å². The summed E-state index contributed by atoms with van der Waals surface area (Å²) in [6, 6.07) is 7.45. The summed E-state index contributed by atoms with van der Waals surface area (Å²) in [6.07, 6.45) is 2.21. The lowest BCUT2D eigenvalue weighted by Gasteiger charge is -2.06. The highest BCUT2D eigenvalue weighted by Crippen LogP contribution is 2.29. The van der Waals surface area contributed by atoms with E-state index < -0.39 is 0 Å². The fourth-order valence-electron chi connectivity index (χ4n) is 1.29. The molecule has 1 heterocycles. The Kier molecular flexibility index (Phi) is 2.09. The largest absolute Gasteiger partial charge is 0.508 e. The summed E-state index contributed by atoms with van der Waals surface area (Å²) in [7, 11) is 0. The predicted molar refractivity (Wildman–Crippen MR) is 52.4 cm³/mol. The van der Waals surface area contributed by atoms with Gasteiger partial charge in [0.25, 0.3) is 0 Å². The van der Waals surface area contributed by atoms with Gasteiger partial charge in [0, 0.05) is 11.7 Å². The average molecular weight is 178 g/mol. The number of hydrogen-bond donors (Lipinski definition) is 1. The van der Waals surface area contributed by atoms with Crippen molar-refractivity contribution in [2.24, 2.45) is 0 Å². The molecule has 1 N–H and O–H groups in total. The molecule has 1 atom stereocenters. The monoisotopic (exact) mass is 178 g/mol. The second kappa shape index (κ2) is 3.23. The first-order valence-corrected chi connectivity index (χ1v) is 4.98. The predicted octanol–water partition coefficient (Wildman–Crippen LogP) is 2.74. The number of hydrogen-bond acceptors (Lipinski definition) is 2. The summed E-state index contributed by atoms with van der Waals surface area (Å²) in [5, 5.41) is 11.2. The van der Waals surface area contributed by atoms with Crippen molar-refractivity contribution in [2.45, 2.75) is 5.92 Å².